The van der Waals surface area contributed by atoms with E-state index in [2.05, 4.69) is 10.5 Å². The van der Waals surface area contributed by atoms with Crippen LogP contribution in [0.25, 0.3) is 11.1 Å². The van der Waals surface area contributed by atoms with Crippen molar-refractivity contribution in [1.29, 1.82) is 0 Å². The molecule has 1 aliphatic rings. The first-order valence-electron chi connectivity index (χ1n) is 7.42. The van der Waals surface area contributed by atoms with Crippen molar-refractivity contribution in [3.05, 3.63) is 59.2 Å². The first-order chi connectivity index (χ1) is 11.1. The number of hydrogen-bond acceptors (Lipinski definition) is 3. The van der Waals surface area contributed by atoms with E-state index in [0.29, 0.717) is 18.4 Å². The molecular weight excluding hydrogens is 290 g/mol. The Bertz CT molecular complexity index is 808. The van der Waals surface area contributed by atoms with Crippen molar-refractivity contribution in [2.24, 2.45) is 10.8 Å². The summed E-state index contributed by atoms with van der Waals surface area (Å²) in [6, 6.07) is 13.5. The van der Waals surface area contributed by atoms with Gasteiger partial charge in [0.2, 0.25) is 11.8 Å². The zero-order valence-corrected chi connectivity index (χ0v) is 12.8. The van der Waals surface area contributed by atoms with Gasteiger partial charge in [0, 0.05) is 18.4 Å². The number of hydrogen-bond donors (Lipinski definition) is 2. The predicted octanol–water partition coefficient (Wildman–Crippen LogP) is 2.38. The zero-order chi connectivity index (χ0) is 16.4. The fourth-order valence-electron chi connectivity index (χ4n) is 2.74. The lowest BCUT2D eigenvalue weighted by Gasteiger charge is -2.13. The molecule has 2 aromatic rings. The molecule has 1 aliphatic heterocycles. The molecule has 0 radical (unpaired) electrons. The lowest BCUT2D eigenvalue weighted by Crippen LogP contribution is -2.25. The van der Waals surface area contributed by atoms with Gasteiger partial charge in [-0.1, -0.05) is 36.4 Å². The monoisotopic (exact) mass is 307 g/mol. The molecule has 0 saturated heterocycles. The number of primary amides is 1. The Balaban J connectivity index is 1.93. The number of carbonyl (C=O) groups is 2. The molecule has 0 bridgehead atoms. The number of carbonyl (C=O) groups excluding carboxylic acids is 2. The normalized spacial score (nSPS) is 14.1. The molecule has 1 heterocycles. The van der Waals surface area contributed by atoms with E-state index in [1.165, 1.54) is 0 Å². The van der Waals surface area contributed by atoms with Crippen molar-refractivity contribution >= 4 is 17.5 Å². The summed E-state index contributed by atoms with van der Waals surface area (Å²) in [7, 11) is 0. The van der Waals surface area contributed by atoms with Gasteiger partial charge in [-0.15, -0.1) is 0 Å². The van der Waals surface area contributed by atoms with Gasteiger partial charge < -0.3 is 5.73 Å². The molecule has 116 valence electrons. The molecule has 23 heavy (non-hydrogen) atoms. The minimum atomic E-state index is -0.423. The van der Waals surface area contributed by atoms with Gasteiger partial charge in [-0.2, -0.15) is 5.10 Å². The lowest BCUT2D eigenvalue weighted by atomic mass is 9.94. The molecule has 3 N–H and O–H groups in total. The largest absolute Gasteiger partial charge is 0.366 e. The second-order valence-electron chi connectivity index (χ2n) is 5.51. The first-order valence-corrected chi connectivity index (χ1v) is 7.42. The van der Waals surface area contributed by atoms with Gasteiger partial charge in [0.25, 0.3) is 0 Å². The average Bonchev–Trinajstić information content (AvgIpc) is 2.56. The minimum Gasteiger partial charge on any atom is -0.366 e. The second-order valence-corrected chi connectivity index (χ2v) is 5.51. The van der Waals surface area contributed by atoms with Gasteiger partial charge in [-0.3, -0.25) is 9.59 Å². The van der Waals surface area contributed by atoms with E-state index in [-0.39, 0.29) is 5.91 Å². The van der Waals surface area contributed by atoms with Crippen LogP contribution in [-0.2, 0) is 4.79 Å². The molecule has 5 nitrogen and oxygen atoms in total. The van der Waals surface area contributed by atoms with Crippen LogP contribution < -0.4 is 11.2 Å². The molecule has 0 aromatic heterocycles. The Morgan fingerprint density at radius 2 is 1.78 bits per heavy atom. The van der Waals surface area contributed by atoms with Gasteiger partial charge >= 0.3 is 0 Å². The van der Waals surface area contributed by atoms with E-state index in [9.17, 15) is 9.59 Å². The number of amides is 2. The molecule has 0 saturated carbocycles. The summed E-state index contributed by atoms with van der Waals surface area (Å²) in [5, 5.41) is 4.09. The summed E-state index contributed by atoms with van der Waals surface area (Å²) >= 11 is 0. The topological polar surface area (TPSA) is 84.6 Å². The van der Waals surface area contributed by atoms with Crippen LogP contribution in [-0.4, -0.2) is 17.5 Å². The van der Waals surface area contributed by atoms with Crippen LogP contribution in [0.1, 0.15) is 34.3 Å². The summed E-state index contributed by atoms with van der Waals surface area (Å²) in [6.45, 7) is 1.89. The van der Waals surface area contributed by atoms with Crippen LogP contribution in [0.4, 0.5) is 0 Å². The molecule has 2 amide bonds. The van der Waals surface area contributed by atoms with Gasteiger partial charge in [0.1, 0.15) is 0 Å². The number of nitrogens with zero attached hydrogens (tertiary/aromatic N) is 1. The molecule has 0 aliphatic carbocycles. The maximum Gasteiger partial charge on any atom is 0.248 e. The molecule has 0 fully saturated rings. The van der Waals surface area contributed by atoms with Crippen molar-refractivity contribution in [2.45, 2.75) is 19.8 Å². The summed E-state index contributed by atoms with van der Waals surface area (Å²) < 4.78 is 0. The van der Waals surface area contributed by atoms with Crippen molar-refractivity contribution in [1.82, 2.24) is 5.43 Å². The van der Waals surface area contributed by atoms with Gasteiger partial charge in [-0.25, -0.2) is 5.43 Å². The number of nitrogens with one attached hydrogen (secondary N) is 1. The molecule has 5 heteroatoms. The van der Waals surface area contributed by atoms with Crippen LogP contribution in [0.3, 0.4) is 0 Å². The Morgan fingerprint density at radius 1 is 1.09 bits per heavy atom. The predicted molar refractivity (Wildman–Crippen MR) is 89.0 cm³/mol. The molecule has 0 atom stereocenters. The molecule has 3 rings (SSSR count). The summed E-state index contributed by atoms with van der Waals surface area (Å²) in [6.07, 6.45) is 1.10. The zero-order valence-electron chi connectivity index (χ0n) is 12.8. The quantitative estimate of drug-likeness (QED) is 0.912. The van der Waals surface area contributed by atoms with Crippen LogP contribution in [0.5, 0.6) is 0 Å². The third-order valence-corrected chi connectivity index (χ3v) is 4.03. The highest BCUT2D eigenvalue weighted by molar-refractivity contribution is 6.04. The van der Waals surface area contributed by atoms with E-state index in [1.54, 1.807) is 6.07 Å². The highest BCUT2D eigenvalue weighted by atomic mass is 16.2. The smallest absolute Gasteiger partial charge is 0.248 e. The van der Waals surface area contributed by atoms with Gasteiger partial charge in [-0.05, 0) is 35.2 Å². The van der Waals surface area contributed by atoms with E-state index in [1.807, 2.05) is 43.3 Å². The lowest BCUT2D eigenvalue weighted by molar-refractivity contribution is -0.121. The van der Waals surface area contributed by atoms with Crippen molar-refractivity contribution in [3.8, 4) is 11.1 Å². The Labute approximate surface area is 134 Å². The molecule has 2 aromatic carbocycles. The van der Waals surface area contributed by atoms with E-state index < -0.39 is 5.91 Å². The van der Waals surface area contributed by atoms with E-state index >= 15 is 0 Å². The number of nitrogens with two attached hydrogens (primary N) is 1. The highest BCUT2D eigenvalue weighted by Gasteiger charge is 2.14. The maximum absolute atomic E-state index is 11.5. The molecule has 0 spiro atoms. The fourth-order valence-corrected chi connectivity index (χ4v) is 2.74. The molecular formula is C18H17N3O2. The van der Waals surface area contributed by atoms with Gasteiger partial charge in [0.15, 0.2) is 0 Å². The fraction of sp³-hybridized carbons (Fsp3) is 0.167. The van der Waals surface area contributed by atoms with E-state index in [4.69, 9.17) is 5.73 Å². The minimum absolute atomic E-state index is 0.0516. The third kappa shape index (κ3) is 2.99. The van der Waals surface area contributed by atoms with E-state index in [0.717, 1.165) is 28.0 Å². The summed E-state index contributed by atoms with van der Waals surface area (Å²) in [5.41, 5.74) is 13.2. The maximum atomic E-state index is 11.5. The SMILES string of the molecule is Cc1c(C(N)=O)cccc1-c1ccc(C2=NNC(=O)CC2)cc1. The highest BCUT2D eigenvalue weighted by Crippen LogP contribution is 2.26. The standard InChI is InChI=1S/C18H17N3O2/c1-11-14(3-2-4-15(11)18(19)23)12-5-7-13(8-6-12)16-9-10-17(22)21-20-16/h2-8H,9-10H2,1H3,(H2,19,23)(H,21,22). The Hall–Kier alpha value is -2.95. The summed E-state index contributed by atoms with van der Waals surface area (Å²) in [5.74, 6) is -0.475. The second kappa shape index (κ2) is 6.04. The first kappa shape index (κ1) is 15.0. The molecule has 0 unspecified atom stereocenters. The van der Waals surface area contributed by atoms with Crippen molar-refractivity contribution in [2.75, 3.05) is 0 Å². The number of benzene rings is 2. The third-order valence-electron chi connectivity index (χ3n) is 4.03. The van der Waals surface area contributed by atoms with Crippen LogP contribution in [0.2, 0.25) is 0 Å². The number of rotatable bonds is 3. The Kier molecular flexibility index (Phi) is 3.93. The number of hydrazone groups is 1. The van der Waals surface area contributed by atoms with Crippen molar-refractivity contribution < 1.29 is 9.59 Å². The van der Waals surface area contributed by atoms with Crippen LogP contribution >= 0.6 is 0 Å². The van der Waals surface area contributed by atoms with Crippen molar-refractivity contribution in [3.63, 3.8) is 0 Å². The van der Waals surface area contributed by atoms with Gasteiger partial charge in [0.05, 0.1) is 5.71 Å². The Morgan fingerprint density at radius 3 is 2.39 bits per heavy atom. The average molecular weight is 307 g/mol. The van der Waals surface area contributed by atoms with Crippen LogP contribution in [0, 0.1) is 6.92 Å². The van der Waals surface area contributed by atoms with Crippen LogP contribution in [0.15, 0.2) is 47.6 Å². The summed E-state index contributed by atoms with van der Waals surface area (Å²) in [4.78, 5) is 22.6.